The predicted molar refractivity (Wildman–Crippen MR) is 106 cm³/mol. The van der Waals surface area contributed by atoms with Crippen LogP contribution in [0.4, 0.5) is 0 Å². The maximum absolute atomic E-state index is 12.4. The SMILES string of the molecule is Cc1c(C)c2ccc(O[C@@H](C)C(=O)NCC[NH+]3CCOCC3)c(C)c2oc1=O. The van der Waals surface area contributed by atoms with Gasteiger partial charge in [0.05, 0.1) is 26.3 Å². The van der Waals surface area contributed by atoms with Crippen molar-refractivity contribution in [3.05, 3.63) is 39.2 Å². The number of carbonyl (C=O) groups is 1. The first-order valence-corrected chi connectivity index (χ1v) is 9.77. The zero-order valence-corrected chi connectivity index (χ0v) is 17.0. The van der Waals surface area contributed by atoms with Crippen molar-refractivity contribution in [3.8, 4) is 5.75 Å². The number of hydrogen-bond acceptors (Lipinski definition) is 5. The lowest BCUT2D eigenvalue weighted by molar-refractivity contribution is -0.906. The summed E-state index contributed by atoms with van der Waals surface area (Å²) in [4.78, 5) is 25.8. The second kappa shape index (κ2) is 8.75. The van der Waals surface area contributed by atoms with Crippen molar-refractivity contribution < 1.29 is 23.6 Å². The average Bonchev–Trinajstić information content (AvgIpc) is 2.69. The quantitative estimate of drug-likeness (QED) is 0.704. The van der Waals surface area contributed by atoms with E-state index in [1.165, 1.54) is 4.90 Å². The van der Waals surface area contributed by atoms with E-state index in [0.29, 0.717) is 23.4 Å². The molecule has 2 N–H and O–H groups in total. The summed E-state index contributed by atoms with van der Waals surface area (Å²) in [7, 11) is 0. The van der Waals surface area contributed by atoms with Crippen LogP contribution in [0, 0.1) is 20.8 Å². The molecule has 1 aromatic carbocycles. The molecule has 0 bridgehead atoms. The minimum atomic E-state index is -0.644. The van der Waals surface area contributed by atoms with Gasteiger partial charge in [-0.1, -0.05) is 0 Å². The molecule has 7 nitrogen and oxygen atoms in total. The minimum absolute atomic E-state index is 0.159. The Bertz CT molecular complexity index is 915. The van der Waals surface area contributed by atoms with E-state index in [-0.39, 0.29) is 11.5 Å². The summed E-state index contributed by atoms with van der Waals surface area (Å²) in [5.41, 5.74) is 2.39. The third-order valence-electron chi connectivity index (χ3n) is 5.47. The number of rotatable bonds is 6. The van der Waals surface area contributed by atoms with Crippen LogP contribution in [0.2, 0.25) is 0 Å². The van der Waals surface area contributed by atoms with Gasteiger partial charge in [0.2, 0.25) is 0 Å². The van der Waals surface area contributed by atoms with Gasteiger partial charge in [-0.15, -0.1) is 0 Å². The van der Waals surface area contributed by atoms with Gasteiger partial charge in [-0.05, 0) is 45.4 Å². The topological polar surface area (TPSA) is 82.2 Å². The monoisotopic (exact) mass is 389 g/mol. The highest BCUT2D eigenvalue weighted by molar-refractivity contribution is 5.86. The molecule has 1 aliphatic rings. The fraction of sp³-hybridized carbons (Fsp3) is 0.524. The Morgan fingerprint density at radius 3 is 2.61 bits per heavy atom. The van der Waals surface area contributed by atoms with Gasteiger partial charge >= 0.3 is 5.63 Å². The molecule has 7 heteroatoms. The largest absolute Gasteiger partial charge is 0.480 e. The molecule has 28 heavy (non-hydrogen) atoms. The van der Waals surface area contributed by atoms with Gasteiger partial charge in [0.15, 0.2) is 6.10 Å². The lowest BCUT2D eigenvalue weighted by Gasteiger charge is -2.24. The molecule has 1 saturated heterocycles. The van der Waals surface area contributed by atoms with Gasteiger partial charge in [0, 0.05) is 16.5 Å². The molecule has 0 aliphatic carbocycles. The average molecular weight is 389 g/mol. The Balaban J connectivity index is 1.64. The van der Waals surface area contributed by atoms with E-state index in [1.807, 2.05) is 26.0 Å². The van der Waals surface area contributed by atoms with Crippen LogP contribution in [0.3, 0.4) is 0 Å². The summed E-state index contributed by atoms with van der Waals surface area (Å²) in [6, 6.07) is 3.70. The van der Waals surface area contributed by atoms with E-state index < -0.39 is 6.10 Å². The summed E-state index contributed by atoms with van der Waals surface area (Å²) >= 11 is 0. The van der Waals surface area contributed by atoms with Crippen LogP contribution in [-0.4, -0.2) is 51.4 Å². The first kappa shape index (κ1) is 20.4. The Hall–Kier alpha value is -2.38. The molecule has 3 rings (SSSR count). The normalized spacial score (nSPS) is 16.1. The van der Waals surface area contributed by atoms with Gasteiger partial charge < -0.3 is 24.1 Å². The van der Waals surface area contributed by atoms with Crippen molar-refractivity contribution in [2.75, 3.05) is 39.4 Å². The zero-order chi connectivity index (χ0) is 20.3. The number of quaternary nitrogens is 1. The second-order valence-electron chi connectivity index (χ2n) is 7.37. The molecule has 1 amide bonds. The molecular formula is C21H29N2O5+. The van der Waals surface area contributed by atoms with Gasteiger partial charge in [-0.2, -0.15) is 0 Å². The van der Waals surface area contributed by atoms with Crippen LogP contribution in [0.1, 0.15) is 23.6 Å². The number of carbonyl (C=O) groups excluding carboxylic acids is 1. The Morgan fingerprint density at radius 1 is 1.18 bits per heavy atom. The molecule has 0 spiro atoms. The number of aryl methyl sites for hydroxylation is 2. The van der Waals surface area contributed by atoms with Gasteiger partial charge in [-0.25, -0.2) is 4.79 Å². The highest BCUT2D eigenvalue weighted by atomic mass is 16.5. The van der Waals surface area contributed by atoms with Crippen LogP contribution in [0.15, 0.2) is 21.3 Å². The van der Waals surface area contributed by atoms with E-state index in [9.17, 15) is 9.59 Å². The van der Waals surface area contributed by atoms with E-state index in [2.05, 4.69) is 5.32 Å². The molecule has 1 aromatic heterocycles. The summed E-state index contributed by atoms with van der Waals surface area (Å²) in [6.45, 7) is 12.2. The number of nitrogens with one attached hydrogen (secondary N) is 2. The number of hydrogen-bond donors (Lipinski definition) is 2. The standard InChI is InChI=1S/C21H28N2O5/c1-13-14(2)21(25)28-19-15(3)18(6-5-17(13)19)27-16(4)20(24)22-7-8-23-9-11-26-12-10-23/h5-6,16H,7-12H2,1-4H3,(H,22,24)/p+1/t16-/m0/s1. The Kier molecular flexibility index (Phi) is 6.36. The first-order chi connectivity index (χ1) is 13.4. The van der Waals surface area contributed by atoms with Crippen LogP contribution < -0.4 is 20.6 Å². The number of ether oxygens (including phenoxy) is 2. The first-order valence-electron chi connectivity index (χ1n) is 9.77. The highest BCUT2D eigenvalue weighted by Crippen LogP contribution is 2.29. The smallest absolute Gasteiger partial charge is 0.339 e. The molecule has 152 valence electrons. The predicted octanol–water partition coefficient (Wildman–Crippen LogP) is 0.517. The molecule has 0 saturated carbocycles. The lowest BCUT2D eigenvalue weighted by atomic mass is 10.0. The molecule has 0 unspecified atom stereocenters. The Morgan fingerprint density at radius 2 is 1.89 bits per heavy atom. The van der Waals surface area contributed by atoms with Crippen LogP contribution in [0.25, 0.3) is 11.0 Å². The van der Waals surface area contributed by atoms with E-state index >= 15 is 0 Å². The minimum Gasteiger partial charge on any atom is -0.480 e. The third kappa shape index (κ3) is 4.36. The van der Waals surface area contributed by atoms with Crippen molar-refractivity contribution in [3.63, 3.8) is 0 Å². The van der Waals surface area contributed by atoms with Gasteiger partial charge in [-0.3, -0.25) is 4.79 Å². The summed E-state index contributed by atoms with van der Waals surface area (Å²) in [5.74, 6) is 0.383. The van der Waals surface area contributed by atoms with Crippen LogP contribution in [-0.2, 0) is 9.53 Å². The summed E-state index contributed by atoms with van der Waals surface area (Å²) < 4.78 is 16.7. The molecule has 2 aromatic rings. The van der Waals surface area contributed by atoms with Crippen molar-refractivity contribution in [1.82, 2.24) is 5.32 Å². The van der Waals surface area contributed by atoms with Crippen LogP contribution in [0.5, 0.6) is 5.75 Å². The van der Waals surface area contributed by atoms with E-state index in [4.69, 9.17) is 13.9 Å². The van der Waals surface area contributed by atoms with Gasteiger partial charge in [0.25, 0.3) is 5.91 Å². The molecular weight excluding hydrogens is 360 g/mol. The maximum Gasteiger partial charge on any atom is 0.339 e. The zero-order valence-electron chi connectivity index (χ0n) is 17.0. The number of fused-ring (bicyclic) bond motifs is 1. The van der Waals surface area contributed by atoms with Crippen molar-refractivity contribution in [2.24, 2.45) is 0 Å². The molecule has 1 atom stereocenters. The fourth-order valence-electron chi connectivity index (χ4n) is 3.41. The number of morpholine rings is 1. The third-order valence-corrected chi connectivity index (χ3v) is 5.47. The number of benzene rings is 1. The van der Waals surface area contributed by atoms with Crippen molar-refractivity contribution in [2.45, 2.75) is 33.8 Å². The second-order valence-corrected chi connectivity index (χ2v) is 7.37. The van der Waals surface area contributed by atoms with Crippen molar-refractivity contribution in [1.29, 1.82) is 0 Å². The summed E-state index contributed by atoms with van der Waals surface area (Å²) in [5, 5.41) is 3.82. The molecule has 0 radical (unpaired) electrons. The summed E-state index contributed by atoms with van der Waals surface area (Å²) in [6.07, 6.45) is -0.644. The van der Waals surface area contributed by atoms with E-state index in [1.54, 1.807) is 13.8 Å². The van der Waals surface area contributed by atoms with Crippen molar-refractivity contribution >= 4 is 16.9 Å². The molecule has 1 aliphatic heterocycles. The maximum atomic E-state index is 12.4. The number of amides is 1. The molecule has 1 fully saturated rings. The fourth-order valence-corrected chi connectivity index (χ4v) is 3.41. The highest BCUT2D eigenvalue weighted by Gasteiger charge is 2.19. The molecule has 2 heterocycles. The Labute approximate surface area is 164 Å². The van der Waals surface area contributed by atoms with Crippen LogP contribution >= 0.6 is 0 Å². The van der Waals surface area contributed by atoms with E-state index in [0.717, 1.165) is 49.4 Å². The van der Waals surface area contributed by atoms with Gasteiger partial charge in [0.1, 0.15) is 24.4 Å². The lowest BCUT2D eigenvalue weighted by Crippen LogP contribution is -3.14.